The molecule has 0 atom stereocenters. The zero-order valence-electron chi connectivity index (χ0n) is 9.28. The normalized spacial score (nSPS) is 9.25. The largest absolute Gasteiger partial charge is 0.198 e. The third-order valence-corrected chi connectivity index (χ3v) is 2.34. The minimum absolute atomic E-state index is 0.125. The van der Waals surface area contributed by atoms with E-state index in [2.05, 4.69) is 12.1 Å². The summed E-state index contributed by atoms with van der Waals surface area (Å²) in [5.74, 6) is 0.125. The maximum Gasteiger partial charge on any atom is 0.0995 e. The summed E-state index contributed by atoms with van der Waals surface area (Å²) < 4.78 is 0. The number of benzene rings is 1. The van der Waals surface area contributed by atoms with Gasteiger partial charge in [-0.25, -0.2) is 0 Å². The van der Waals surface area contributed by atoms with Gasteiger partial charge in [0.05, 0.1) is 35.8 Å². The fourth-order valence-corrected chi connectivity index (χ4v) is 1.71. The van der Waals surface area contributed by atoms with Crippen molar-refractivity contribution in [3.63, 3.8) is 0 Å². The van der Waals surface area contributed by atoms with Crippen LogP contribution in [-0.4, -0.2) is 0 Å². The molecule has 1 aromatic carbocycles. The molecule has 78 valence electrons. The van der Waals surface area contributed by atoms with Crippen molar-refractivity contribution in [2.24, 2.45) is 0 Å². The molecule has 1 aromatic rings. The van der Waals surface area contributed by atoms with E-state index in [0.29, 0.717) is 11.1 Å². The van der Waals surface area contributed by atoms with Gasteiger partial charge in [-0.1, -0.05) is 13.8 Å². The summed E-state index contributed by atoms with van der Waals surface area (Å²) >= 11 is 0. The van der Waals surface area contributed by atoms with Crippen molar-refractivity contribution in [1.82, 2.24) is 0 Å². The molecule has 0 aliphatic heterocycles. The quantitative estimate of drug-likeness (QED) is 0.751. The van der Waals surface area contributed by atoms with E-state index in [-0.39, 0.29) is 12.3 Å². The molecular weight excluding hydrogens is 198 g/mol. The summed E-state index contributed by atoms with van der Waals surface area (Å²) in [6, 6.07) is 9.58. The Bertz CT molecular complexity index is 487. The van der Waals surface area contributed by atoms with Crippen molar-refractivity contribution < 1.29 is 0 Å². The lowest BCUT2D eigenvalue weighted by Gasteiger charge is -2.11. The van der Waals surface area contributed by atoms with Gasteiger partial charge in [-0.15, -0.1) is 0 Å². The SMILES string of the molecule is CC(C)c1c(C#N)cc(CC#N)cc1C#N. The highest BCUT2D eigenvalue weighted by molar-refractivity contribution is 5.52. The molecule has 1 rings (SSSR count). The summed E-state index contributed by atoms with van der Waals surface area (Å²) in [6.07, 6.45) is 0.224. The molecule has 0 saturated carbocycles. The van der Waals surface area contributed by atoms with Gasteiger partial charge in [-0.05, 0) is 29.2 Å². The molecule has 3 heteroatoms. The van der Waals surface area contributed by atoms with Crippen molar-refractivity contribution in [3.05, 3.63) is 34.4 Å². The Kier molecular flexibility index (Phi) is 3.65. The summed E-state index contributed by atoms with van der Waals surface area (Å²) in [5, 5.41) is 26.7. The van der Waals surface area contributed by atoms with E-state index < -0.39 is 0 Å². The van der Waals surface area contributed by atoms with Crippen LogP contribution in [0.2, 0.25) is 0 Å². The Balaban J connectivity index is 3.47. The van der Waals surface area contributed by atoms with E-state index in [0.717, 1.165) is 11.1 Å². The van der Waals surface area contributed by atoms with Crippen LogP contribution in [0.3, 0.4) is 0 Å². The molecular formula is C13H11N3. The average molecular weight is 209 g/mol. The smallest absolute Gasteiger partial charge is 0.0995 e. The first kappa shape index (κ1) is 11.8. The molecule has 0 amide bonds. The van der Waals surface area contributed by atoms with Crippen LogP contribution >= 0.6 is 0 Å². The van der Waals surface area contributed by atoms with E-state index in [1.54, 1.807) is 12.1 Å². The minimum atomic E-state index is 0.125. The van der Waals surface area contributed by atoms with E-state index in [9.17, 15) is 0 Å². The highest BCUT2D eigenvalue weighted by atomic mass is 14.3. The Morgan fingerprint density at radius 2 is 1.56 bits per heavy atom. The predicted molar refractivity (Wildman–Crippen MR) is 59.3 cm³/mol. The van der Waals surface area contributed by atoms with Crippen LogP contribution in [0.15, 0.2) is 12.1 Å². The lowest BCUT2D eigenvalue weighted by molar-refractivity contribution is 0.857. The highest BCUT2D eigenvalue weighted by Crippen LogP contribution is 2.25. The number of hydrogen-bond donors (Lipinski definition) is 0. The third kappa shape index (κ3) is 2.19. The monoisotopic (exact) mass is 209 g/mol. The molecule has 0 saturated heterocycles. The van der Waals surface area contributed by atoms with Crippen molar-refractivity contribution in [3.8, 4) is 18.2 Å². The molecule has 0 fully saturated rings. The minimum Gasteiger partial charge on any atom is -0.198 e. The Hall–Kier alpha value is -2.31. The van der Waals surface area contributed by atoms with Crippen LogP contribution in [0.1, 0.15) is 42.0 Å². The zero-order valence-corrected chi connectivity index (χ0v) is 9.28. The van der Waals surface area contributed by atoms with Crippen LogP contribution in [0.4, 0.5) is 0 Å². The molecule has 16 heavy (non-hydrogen) atoms. The second-order valence-corrected chi connectivity index (χ2v) is 3.82. The van der Waals surface area contributed by atoms with Gasteiger partial charge in [0, 0.05) is 0 Å². The zero-order chi connectivity index (χ0) is 12.1. The lowest BCUT2D eigenvalue weighted by Crippen LogP contribution is -1.99. The van der Waals surface area contributed by atoms with Gasteiger partial charge in [-0.3, -0.25) is 0 Å². The molecule has 0 N–H and O–H groups in total. The lowest BCUT2D eigenvalue weighted by atomic mass is 9.90. The van der Waals surface area contributed by atoms with Crippen LogP contribution < -0.4 is 0 Å². The number of hydrogen-bond acceptors (Lipinski definition) is 3. The Labute approximate surface area is 95.2 Å². The van der Waals surface area contributed by atoms with Crippen LogP contribution in [0, 0.1) is 34.0 Å². The van der Waals surface area contributed by atoms with Crippen LogP contribution in [-0.2, 0) is 6.42 Å². The maximum absolute atomic E-state index is 9.04. The average Bonchev–Trinajstić information content (AvgIpc) is 2.27. The summed E-state index contributed by atoms with van der Waals surface area (Å²) in [6.45, 7) is 3.89. The predicted octanol–water partition coefficient (Wildman–Crippen LogP) is 2.62. The third-order valence-electron chi connectivity index (χ3n) is 2.34. The number of nitriles is 3. The van der Waals surface area contributed by atoms with Gasteiger partial charge in [-0.2, -0.15) is 15.8 Å². The molecule has 0 aromatic heterocycles. The first-order chi connectivity index (χ1) is 7.63. The molecule has 3 nitrogen and oxygen atoms in total. The summed E-state index contributed by atoms with van der Waals surface area (Å²) in [7, 11) is 0. The second-order valence-electron chi connectivity index (χ2n) is 3.82. The fourth-order valence-electron chi connectivity index (χ4n) is 1.71. The van der Waals surface area contributed by atoms with Crippen molar-refractivity contribution >= 4 is 0 Å². The standard InChI is InChI=1S/C13H11N3/c1-9(2)13-11(7-15)5-10(3-4-14)6-12(13)8-16/h5-6,9H,3H2,1-2H3. The molecule has 0 bridgehead atoms. The van der Waals surface area contributed by atoms with Gasteiger partial charge >= 0.3 is 0 Å². The van der Waals surface area contributed by atoms with E-state index in [1.807, 2.05) is 19.9 Å². The first-order valence-electron chi connectivity index (χ1n) is 4.98. The van der Waals surface area contributed by atoms with Crippen LogP contribution in [0.5, 0.6) is 0 Å². The fraction of sp³-hybridized carbons (Fsp3) is 0.308. The van der Waals surface area contributed by atoms with Gasteiger partial charge in [0.25, 0.3) is 0 Å². The second kappa shape index (κ2) is 4.96. The Morgan fingerprint density at radius 1 is 1.06 bits per heavy atom. The highest BCUT2D eigenvalue weighted by Gasteiger charge is 2.13. The van der Waals surface area contributed by atoms with Gasteiger partial charge in [0.2, 0.25) is 0 Å². The number of rotatable bonds is 2. The topological polar surface area (TPSA) is 71.4 Å². The molecule has 0 aliphatic carbocycles. The van der Waals surface area contributed by atoms with E-state index in [1.165, 1.54) is 0 Å². The summed E-state index contributed by atoms with van der Waals surface area (Å²) in [5.41, 5.74) is 2.49. The number of nitrogens with zero attached hydrogens (tertiary/aromatic N) is 3. The van der Waals surface area contributed by atoms with Crippen LogP contribution in [0.25, 0.3) is 0 Å². The first-order valence-corrected chi connectivity index (χ1v) is 4.98. The molecule has 0 heterocycles. The van der Waals surface area contributed by atoms with Gasteiger partial charge in [0.15, 0.2) is 0 Å². The maximum atomic E-state index is 9.04. The van der Waals surface area contributed by atoms with Crippen molar-refractivity contribution in [2.45, 2.75) is 26.2 Å². The molecule has 0 aliphatic rings. The van der Waals surface area contributed by atoms with E-state index >= 15 is 0 Å². The van der Waals surface area contributed by atoms with Crippen molar-refractivity contribution in [1.29, 1.82) is 15.8 Å². The Morgan fingerprint density at radius 3 is 1.88 bits per heavy atom. The van der Waals surface area contributed by atoms with E-state index in [4.69, 9.17) is 15.8 Å². The van der Waals surface area contributed by atoms with Gasteiger partial charge in [0.1, 0.15) is 0 Å². The molecule has 0 unspecified atom stereocenters. The molecule has 0 spiro atoms. The molecule has 0 radical (unpaired) electrons. The van der Waals surface area contributed by atoms with Gasteiger partial charge < -0.3 is 0 Å². The van der Waals surface area contributed by atoms with Crippen molar-refractivity contribution in [2.75, 3.05) is 0 Å². The summed E-state index contributed by atoms with van der Waals surface area (Å²) in [4.78, 5) is 0.